The van der Waals surface area contributed by atoms with E-state index in [1.54, 1.807) is 17.7 Å². The molecule has 3 aromatic rings. The van der Waals surface area contributed by atoms with Gasteiger partial charge in [-0.3, -0.25) is 4.79 Å². The summed E-state index contributed by atoms with van der Waals surface area (Å²) in [4.78, 5) is 24.0. The highest BCUT2D eigenvalue weighted by Crippen LogP contribution is 2.40. The first-order chi connectivity index (χ1) is 12.7. The molecule has 1 atom stereocenters. The van der Waals surface area contributed by atoms with Crippen LogP contribution in [0.15, 0.2) is 35.6 Å². The molecule has 0 saturated carbocycles. The fraction of sp³-hybridized carbons (Fsp3) is 0.350. The lowest BCUT2D eigenvalue weighted by Crippen LogP contribution is -2.22. The summed E-state index contributed by atoms with van der Waals surface area (Å²) in [6.07, 6.45) is 6.06. The Morgan fingerprint density at radius 2 is 2.08 bits per heavy atom. The summed E-state index contributed by atoms with van der Waals surface area (Å²) in [5, 5.41) is 4.88. The Hall–Kier alpha value is -1.92. The lowest BCUT2D eigenvalue weighted by molar-refractivity contribution is -0.115. The lowest BCUT2D eigenvalue weighted by Gasteiger charge is -2.12. The van der Waals surface area contributed by atoms with Crippen LogP contribution in [0.1, 0.15) is 36.3 Å². The molecular weight excluding hydrogens is 362 g/mol. The molecule has 2 aromatic heterocycles. The third-order valence-corrected chi connectivity index (χ3v) is 7.05. The zero-order chi connectivity index (χ0) is 18.1. The number of hydrogen-bond acceptors (Lipinski definition) is 5. The van der Waals surface area contributed by atoms with Crippen LogP contribution in [0.4, 0.5) is 5.69 Å². The molecule has 0 unspecified atom stereocenters. The highest BCUT2D eigenvalue weighted by Gasteiger charge is 2.23. The van der Waals surface area contributed by atoms with Crippen molar-refractivity contribution in [2.24, 2.45) is 0 Å². The number of thioether (sulfide) groups is 1. The zero-order valence-electron chi connectivity index (χ0n) is 14.9. The van der Waals surface area contributed by atoms with Gasteiger partial charge in [0.1, 0.15) is 16.2 Å². The molecule has 1 amide bonds. The molecule has 26 heavy (non-hydrogen) atoms. The van der Waals surface area contributed by atoms with Crippen LogP contribution in [0.3, 0.4) is 0 Å². The summed E-state index contributed by atoms with van der Waals surface area (Å²) in [5.74, 6) is -0.00196. The topological polar surface area (TPSA) is 54.9 Å². The number of amides is 1. The van der Waals surface area contributed by atoms with Gasteiger partial charge >= 0.3 is 0 Å². The number of carbonyl (C=O) groups excluding carboxylic acids is 1. The van der Waals surface area contributed by atoms with Crippen molar-refractivity contribution in [2.45, 2.75) is 49.8 Å². The normalized spacial score (nSPS) is 14.4. The molecule has 0 fully saturated rings. The van der Waals surface area contributed by atoms with E-state index in [9.17, 15) is 4.79 Å². The highest BCUT2D eigenvalue weighted by atomic mass is 32.2. The SMILES string of the molecule is CCc1ccc(NC(=O)[C@@H](C)Sc2ncnc3sc4c(c23)CCC4)cc1. The molecule has 2 heterocycles. The van der Waals surface area contributed by atoms with Crippen molar-refractivity contribution in [3.05, 3.63) is 46.6 Å². The first kappa shape index (κ1) is 17.5. The molecule has 0 bridgehead atoms. The van der Waals surface area contributed by atoms with Crippen molar-refractivity contribution in [1.82, 2.24) is 9.97 Å². The number of hydrogen-bond donors (Lipinski definition) is 1. The number of thiophene rings is 1. The second-order valence-electron chi connectivity index (χ2n) is 6.52. The number of aromatic nitrogens is 2. The van der Waals surface area contributed by atoms with E-state index in [1.807, 2.05) is 19.1 Å². The second-order valence-corrected chi connectivity index (χ2v) is 8.93. The smallest absolute Gasteiger partial charge is 0.237 e. The molecule has 0 saturated heterocycles. The zero-order valence-corrected chi connectivity index (χ0v) is 16.5. The maximum atomic E-state index is 12.6. The number of anilines is 1. The predicted molar refractivity (Wildman–Crippen MR) is 109 cm³/mol. The maximum absolute atomic E-state index is 12.6. The summed E-state index contributed by atoms with van der Waals surface area (Å²) in [5.41, 5.74) is 3.50. The standard InChI is InChI=1S/C20H21N3OS2/c1-3-13-7-9-14(10-8-13)23-18(24)12(2)25-19-17-15-5-4-6-16(15)26-20(17)22-11-21-19/h7-12H,3-6H2,1-2H3,(H,23,24)/t12-/m1/s1. The highest BCUT2D eigenvalue weighted by molar-refractivity contribution is 8.00. The van der Waals surface area contributed by atoms with Crippen LogP contribution in [-0.4, -0.2) is 21.1 Å². The fourth-order valence-corrected chi connectivity index (χ4v) is 5.52. The van der Waals surface area contributed by atoms with E-state index < -0.39 is 0 Å². The second kappa shape index (κ2) is 7.37. The van der Waals surface area contributed by atoms with Gasteiger partial charge in [0.15, 0.2) is 0 Å². The van der Waals surface area contributed by atoms with Crippen LogP contribution >= 0.6 is 23.1 Å². The van der Waals surface area contributed by atoms with Crippen molar-refractivity contribution in [3.8, 4) is 0 Å². The number of benzene rings is 1. The molecule has 4 nitrogen and oxygen atoms in total. The van der Waals surface area contributed by atoms with Gasteiger partial charge in [0.2, 0.25) is 5.91 Å². The van der Waals surface area contributed by atoms with Crippen LogP contribution in [0, 0.1) is 0 Å². The predicted octanol–water partition coefficient (Wildman–Crippen LogP) is 4.86. The Morgan fingerprint density at radius 3 is 2.85 bits per heavy atom. The third kappa shape index (κ3) is 3.35. The first-order valence-corrected chi connectivity index (χ1v) is 10.7. The van der Waals surface area contributed by atoms with Crippen molar-refractivity contribution >= 4 is 44.9 Å². The number of fused-ring (bicyclic) bond motifs is 3. The van der Waals surface area contributed by atoms with E-state index in [-0.39, 0.29) is 11.2 Å². The molecular formula is C20H21N3OS2. The van der Waals surface area contributed by atoms with Crippen molar-refractivity contribution in [2.75, 3.05) is 5.32 Å². The van der Waals surface area contributed by atoms with Crippen molar-refractivity contribution < 1.29 is 4.79 Å². The van der Waals surface area contributed by atoms with Gasteiger partial charge in [0.05, 0.1) is 5.25 Å². The van der Waals surface area contributed by atoms with Crippen molar-refractivity contribution in [3.63, 3.8) is 0 Å². The maximum Gasteiger partial charge on any atom is 0.237 e. The number of carbonyl (C=O) groups is 1. The Balaban J connectivity index is 1.51. The van der Waals surface area contributed by atoms with Gasteiger partial charge in [0, 0.05) is 16.0 Å². The molecule has 0 aliphatic heterocycles. The van der Waals surface area contributed by atoms with Gasteiger partial charge in [-0.2, -0.15) is 0 Å². The van der Waals surface area contributed by atoms with Crippen LogP contribution < -0.4 is 5.32 Å². The minimum atomic E-state index is -0.226. The largest absolute Gasteiger partial charge is 0.325 e. The minimum absolute atomic E-state index is 0.00196. The molecule has 0 radical (unpaired) electrons. The number of nitrogens with zero attached hydrogens (tertiary/aromatic N) is 2. The fourth-order valence-electron chi connectivity index (χ4n) is 3.28. The van der Waals surface area contributed by atoms with Gasteiger partial charge in [-0.1, -0.05) is 30.8 Å². The Bertz CT molecular complexity index is 950. The summed E-state index contributed by atoms with van der Waals surface area (Å²) >= 11 is 3.30. The monoisotopic (exact) mass is 383 g/mol. The molecule has 0 spiro atoms. The van der Waals surface area contributed by atoms with Gasteiger partial charge in [-0.25, -0.2) is 9.97 Å². The van der Waals surface area contributed by atoms with Gasteiger partial charge in [-0.15, -0.1) is 11.3 Å². The first-order valence-electron chi connectivity index (χ1n) is 8.97. The van der Waals surface area contributed by atoms with E-state index in [0.29, 0.717) is 0 Å². The summed E-state index contributed by atoms with van der Waals surface area (Å²) in [6, 6.07) is 8.03. The third-order valence-electron chi connectivity index (χ3n) is 4.75. The molecule has 6 heteroatoms. The quantitative estimate of drug-likeness (QED) is 0.505. The van der Waals surface area contributed by atoms with Crippen molar-refractivity contribution in [1.29, 1.82) is 0 Å². The Kier molecular flexibility index (Phi) is 4.96. The number of rotatable bonds is 5. The molecule has 1 N–H and O–H groups in total. The number of nitrogens with one attached hydrogen (secondary N) is 1. The van der Waals surface area contributed by atoms with Gasteiger partial charge < -0.3 is 5.32 Å². The molecule has 1 aliphatic rings. The van der Waals surface area contributed by atoms with Crippen LogP contribution in [-0.2, 0) is 24.1 Å². The van der Waals surface area contributed by atoms with E-state index in [2.05, 4.69) is 34.3 Å². The summed E-state index contributed by atoms with van der Waals surface area (Å²) in [6.45, 7) is 4.05. The summed E-state index contributed by atoms with van der Waals surface area (Å²) < 4.78 is 0. The average Bonchev–Trinajstić information content (AvgIpc) is 3.23. The molecule has 4 rings (SSSR count). The molecule has 1 aromatic carbocycles. The minimum Gasteiger partial charge on any atom is -0.325 e. The number of aryl methyl sites for hydroxylation is 3. The van der Waals surface area contributed by atoms with Gasteiger partial charge in [0.25, 0.3) is 0 Å². The summed E-state index contributed by atoms with van der Waals surface area (Å²) in [7, 11) is 0. The van der Waals surface area contributed by atoms with Crippen LogP contribution in [0.25, 0.3) is 10.2 Å². The Labute approximate surface area is 161 Å². The van der Waals surface area contributed by atoms with Crippen LogP contribution in [0.2, 0.25) is 0 Å². The van der Waals surface area contributed by atoms with E-state index >= 15 is 0 Å². The lowest BCUT2D eigenvalue weighted by atomic mass is 10.1. The van der Waals surface area contributed by atoms with Crippen LogP contribution in [0.5, 0.6) is 0 Å². The Morgan fingerprint density at radius 1 is 1.27 bits per heavy atom. The van der Waals surface area contributed by atoms with Gasteiger partial charge in [-0.05, 0) is 55.9 Å². The molecule has 134 valence electrons. The van der Waals surface area contributed by atoms with E-state index in [1.165, 1.54) is 39.6 Å². The van der Waals surface area contributed by atoms with E-state index in [4.69, 9.17) is 0 Å². The van der Waals surface area contributed by atoms with E-state index in [0.717, 1.165) is 34.8 Å². The average molecular weight is 384 g/mol. The molecule has 1 aliphatic carbocycles.